The van der Waals surface area contributed by atoms with Crippen LogP contribution in [0.25, 0.3) is 0 Å². The molecule has 13 heavy (non-hydrogen) atoms. The summed E-state index contributed by atoms with van der Waals surface area (Å²) in [4.78, 5) is 0. The number of hydrogen-bond donors (Lipinski definition) is 2. The van der Waals surface area contributed by atoms with Gasteiger partial charge in [0.25, 0.3) is 0 Å². The van der Waals surface area contributed by atoms with Crippen molar-refractivity contribution in [2.45, 2.75) is 13.5 Å². The molecule has 0 aliphatic carbocycles. The van der Waals surface area contributed by atoms with Crippen LogP contribution in [0.15, 0.2) is 16.6 Å². The monoisotopic (exact) mass is 240 g/mol. The van der Waals surface area contributed by atoms with Crippen molar-refractivity contribution in [2.24, 2.45) is 0 Å². The molecule has 2 nitrogen and oxygen atoms in total. The van der Waals surface area contributed by atoms with Gasteiger partial charge in [-0.2, -0.15) is 0 Å². The fourth-order valence-electron chi connectivity index (χ4n) is 1.70. The van der Waals surface area contributed by atoms with Crippen molar-refractivity contribution in [1.29, 1.82) is 0 Å². The zero-order valence-electron chi connectivity index (χ0n) is 7.65. The fraction of sp³-hybridized carbons (Fsp3) is 0.400. The Kier molecular flexibility index (Phi) is 2.56. The van der Waals surface area contributed by atoms with Crippen LogP contribution in [0.3, 0.4) is 0 Å². The number of fused-ring (bicyclic) bond motifs is 1. The van der Waals surface area contributed by atoms with E-state index in [1.807, 2.05) is 0 Å². The Labute approximate surface area is 86.9 Å². The molecule has 1 aromatic carbocycles. The van der Waals surface area contributed by atoms with E-state index >= 15 is 0 Å². The van der Waals surface area contributed by atoms with Gasteiger partial charge in [0, 0.05) is 29.8 Å². The van der Waals surface area contributed by atoms with Crippen LogP contribution in [-0.4, -0.2) is 13.1 Å². The van der Waals surface area contributed by atoms with Gasteiger partial charge in [0.05, 0.1) is 0 Å². The molecule has 0 unspecified atom stereocenters. The Morgan fingerprint density at radius 2 is 2.15 bits per heavy atom. The molecule has 0 fully saturated rings. The minimum absolute atomic E-state index is 0.961. The quantitative estimate of drug-likeness (QED) is 0.728. The number of benzene rings is 1. The molecule has 3 heteroatoms. The van der Waals surface area contributed by atoms with Crippen LogP contribution in [0.5, 0.6) is 0 Å². The summed E-state index contributed by atoms with van der Waals surface area (Å²) in [6.45, 7) is 5.14. The van der Waals surface area contributed by atoms with Crippen LogP contribution in [0, 0.1) is 6.92 Å². The van der Waals surface area contributed by atoms with Crippen molar-refractivity contribution in [3.8, 4) is 0 Å². The molecule has 1 aromatic rings. The van der Waals surface area contributed by atoms with Gasteiger partial charge < -0.3 is 10.6 Å². The summed E-state index contributed by atoms with van der Waals surface area (Å²) in [6, 6.07) is 4.32. The van der Waals surface area contributed by atoms with Crippen LogP contribution in [-0.2, 0) is 6.54 Å². The molecule has 2 rings (SSSR count). The van der Waals surface area contributed by atoms with Gasteiger partial charge in [0.1, 0.15) is 0 Å². The fourth-order valence-corrected chi connectivity index (χ4v) is 2.32. The highest BCUT2D eigenvalue weighted by Gasteiger charge is 2.09. The van der Waals surface area contributed by atoms with Crippen molar-refractivity contribution in [3.63, 3.8) is 0 Å². The summed E-state index contributed by atoms with van der Waals surface area (Å²) in [6.07, 6.45) is 0. The Morgan fingerprint density at radius 3 is 3.00 bits per heavy atom. The Hall–Kier alpha value is -0.540. The third kappa shape index (κ3) is 1.86. The first kappa shape index (κ1) is 9.03. The molecule has 1 aliphatic heterocycles. The highest BCUT2D eigenvalue weighted by molar-refractivity contribution is 9.10. The maximum atomic E-state index is 3.51. The first-order chi connectivity index (χ1) is 6.27. The molecule has 0 saturated carbocycles. The van der Waals surface area contributed by atoms with E-state index in [9.17, 15) is 0 Å². The molecule has 0 spiro atoms. The lowest BCUT2D eigenvalue weighted by Crippen LogP contribution is -2.16. The molecule has 0 bridgehead atoms. The molecule has 1 heterocycles. The zero-order valence-corrected chi connectivity index (χ0v) is 9.24. The predicted molar refractivity (Wildman–Crippen MR) is 59.1 cm³/mol. The van der Waals surface area contributed by atoms with Crippen LogP contribution >= 0.6 is 15.9 Å². The molecule has 0 saturated heterocycles. The molecule has 0 atom stereocenters. The molecule has 2 N–H and O–H groups in total. The average molecular weight is 241 g/mol. The number of halogens is 1. The summed E-state index contributed by atoms with van der Waals surface area (Å²) < 4.78 is 1.16. The summed E-state index contributed by atoms with van der Waals surface area (Å²) in [5, 5.41) is 6.81. The third-order valence-electron chi connectivity index (χ3n) is 2.30. The zero-order chi connectivity index (χ0) is 9.26. The Bertz CT molecular complexity index is 323. The molecular weight excluding hydrogens is 228 g/mol. The van der Waals surface area contributed by atoms with Gasteiger partial charge in [-0.25, -0.2) is 0 Å². The topological polar surface area (TPSA) is 24.1 Å². The molecule has 1 aliphatic rings. The minimum atomic E-state index is 0.961. The maximum absolute atomic E-state index is 3.51. The molecule has 0 radical (unpaired) electrons. The number of nitrogens with one attached hydrogen (secondary N) is 2. The van der Waals surface area contributed by atoms with E-state index in [1.165, 1.54) is 16.8 Å². The summed E-state index contributed by atoms with van der Waals surface area (Å²) >= 11 is 3.51. The van der Waals surface area contributed by atoms with Crippen molar-refractivity contribution in [3.05, 3.63) is 27.7 Å². The second kappa shape index (κ2) is 3.68. The summed E-state index contributed by atoms with van der Waals surface area (Å²) in [5.41, 5.74) is 3.96. The predicted octanol–water partition coefficient (Wildman–Crippen LogP) is 2.27. The molecule has 0 amide bonds. The molecule has 0 aromatic heterocycles. The van der Waals surface area contributed by atoms with Crippen molar-refractivity contribution >= 4 is 21.6 Å². The van der Waals surface area contributed by atoms with E-state index in [1.54, 1.807) is 0 Å². The molecule has 70 valence electrons. The first-order valence-electron chi connectivity index (χ1n) is 4.51. The lowest BCUT2D eigenvalue weighted by atomic mass is 10.1. The van der Waals surface area contributed by atoms with Gasteiger partial charge in [-0.3, -0.25) is 0 Å². The van der Waals surface area contributed by atoms with E-state index < -0.39 is 0 Å². The van der Waals surface area contributed by atoms with E-state index in [2.05, 4.69) is 45.6 Å². The normalized spacial score (nSPS) is 15.8. The summed E-state index contributed by atoms with van der Waals surface area (Å²) in [5.74, 6) is 0. The second-order valence-electron chi connectivity index (χ2n) is 3.36. The van der Waals surface area contributed by atoms with Gasteiger partial charge >= 0.3 is 0 Å². The Morgan fingerprint density at radius 1 is 1.31 bits per heavy atom. The average Bonchev–Trinajstić information content (AvgIpc) is 2.28. The number of aryl methyl sites for hydroxylation is 1. The van der Waals surface area contributed by atoms with Gasteiger partial charge in [-0.1, -0.05) is 15.9 Å². The highest BCUT2D eigenvalue weighted by Crippen LogP contribution is 2.26. The van der Waals surface area contributed by atoms with Crippen molar-refractivity contribution < 1.29 is 0 Å². The lowest BCUT2D eigenvalue weighted by Gasteiger charge is -2.11. The van der Waals surface area contributed by atoms with Crippen LogP contribution in [0.2, 0.25) is 0 Å². The van der Waals surface area contributed by atoms with Gasteiger partial charge in [-0.05, 0) is 30.2 Å². The van der Waals surface area contributed by atoms with Gasteiger partial charge in [-0.15, -0.1) is 0 Å². The van der Waals surface area contributed by atoms with Crippen molar-refractivity contribution in [1.82, 2.24) is 5.32 Å². The van der Waals surface area contributed by atoms with Gasteiger partial charge in [0.2, 0.25) is 0 Å². The number of hydrogen-bond acceptors (Lipinski definition) is 2. The third-order valence-corrected chi connectivity index (χ3v) is 2.76. The van der Waals surface area contributed by atoms with Crippen LogP contribution in [0.1, 0.15) is 11.1 Å². The van der Waals surface area contributed by atoms with E-state index in [4.69, 9.17) is 0 Å². The highest BCUT2D eigenvalue weighted by atomic mass is 79.9. The van der Waals surface area contributed by atoms with Crippen molar-refractivity contribution in [2.75, 3.05) is 18.4 Å². The van der Waals surface area contributed by atoms with E-state index in [0.29, 0.717) is 0 Å². The second-order valence-corrected chi connectivity index (χ2v) is 4.28. The summed E-state index contributed by atoms with van der Waals surface area (Å²) in [7, 11) is 0. The smallest absolute Gasteiger partial charge is 0.0416 e. The number of anilines is 1. The SMILES string of the molecule is Cc1cc(Br)cc2c1NCCNC2. The van der Waals surface area contributed by atoms with Gasteiger partial charge in [0.15, 0.2) is 0 Å². The standard InChI is InChI=1S/C10H13BrN2/c1-7-4-9(11)5-8-6-12-2-3-13-10(7)8/h4-5,12-13H,2-3,6H2,1H3. The largest absolute Gasteiger partial charge is 0.383 e. The maximum Gasteiger partial charge on any atom is 0.0416 e. The molecular formula is C10H13BrN2. The minimum Gasteiger partial charge on any atom is -0.383 e. The van der Waals surface area contributed by atoms with Crippen LogP contribution in [0.4, 0.5) is 5.69 Å². The van der Waals surface area contributed by atoms with Crippen LogP contribution < -0.4 is 10.6 Å². The Balaban J connectivity index is 2.47. The first-order valence-corrected chi connectivity index (χ1v) is 5.30. The van der Waals surface area contributed by atoms with E-state index in [-0.39, 0.29) is 0 Å². The number of rotatable bonds is 0. The lowest BCUT2D eigenvalue weighted by molar-refractivity contribution is 0.725. The van der Waals surface area contributed by atoms with E-state index in [0.717, 1.165) is 24.1 Å².